The van der Waals surface area contributed by atoms with E-state index in [1.807, 2.05) is 0 Å². The van der Waals surface area contributed by atoms with E-state index in [0.717, 1.165) is 19.1 Å². The minimum Gasteiger partial charge on any atom is -0.495 e. The summed E-state index contributed by atoms with van der Waals surface area (Å²) in [6, 6.07) is 4.82. The van der Waals surface area contributed by atoms with E-state index < -0.39 is 10.0 Å². The summed E-state index contributed by atoms with van der Waals surface area (Å²) < 4.78 is 30.0. The molecule has 6 nitrogen and oxygen atoms in total. The van der Waals surface area contributed by atoms with E-state index in [0.29, 0.717) is 17.1 Å². The highest BCUT2D eigenvalue weighted by Gasteiger charge is 2.29. The molecule has 0 atom stereocenters. The summed E-state index contributed by atoms with van der Waals surface area (Å²) in [7, 11) is -1.95. The normalized spacial score (nSPS) is 14.8. The molecule has 1 aromatic rings. The predicted octanol–water partition coefficient (Wildman–Crippen LogP) is 1.42. The molecule has 0 radical (unpaired) electrons. The highest BCUT2D eigenvalue weighted by molar-refractivity contribution is 7.92. The summed E-state index contributed by atoms with van der Waals surface area (Å²) in [6.07, 6.45) is 2.88. The quantitative estimate of drug-likeness (QED) is 0.856. The van der Waals surface area contributed by atoms with E-state index in [2.05, 4.69) is 10.0 Å². The molecule has 1 amide bonds. The molecule has 0 aromatic heterocycles. The standard InChI is InChI=1S/C12H16N2O4S/c1-18-11-6-5-9(13-12(15)8-3-4-8)7-10(11)14-19(2,16)17/h5-8,14H,3-4H2,1-2H3,(H,13,15). The van der Waals surface area contributed by atoms with Crippen molar-refractivity contribution in [3.05, 3.63) is 18.2 Å². The molecule has 0 bridgehead atoms. The number of hydrogen-bond donors (Lipinski definition) is 2. The van der Waals surface area contributed by atoms with Crippen molar-refractivity contribution in [3.8, 4) is 5.75 Å². The molecule has 2 N–H and O–H groups in total. The number of methoxy groups -OCH3 is 1. The van der Waals surface area contributed by atoms with Crippen LogP contribution in [0.2, 0.25) is 0 Å². The minimum absolute atomic E-state index is 0.0320. The third-order valence-electron chi connectivity index (χ3n) is 2.71. The van der Waals surface area contributed by atoms with Crippen molar-refractivity contribution < 1.29 is 17.9 Å². The van der Waals surface area contributed by atoms with Gasteiger partial charge in [0.1, 0.15) is 5.75 Å². The Hall–Kier alpha value is -1.76. The number of sulfonamides is 1. The van der Waals surface area contributed by atoms with Gasteiger partial charge in [0, 0.05) is 11.6 Å². The first-order valence-electron chi connectivity index (χ1n) is 5.86. The first kappa shape index (κ1) is 13.7. The number of carbonyl (C=O) groups excluding carboxylic acids is 1. The summed E-state index contributed by atoms with van der Waals surface area (Å²) in [6.45, 7) is 0. The van der Waals surface area contributed by atoms with Gasteiger partial charge in [-0.05, 0) is 31.0 Å². The zero-order valence-electron chi connectivity index (χ0n) is 10.8. The Morgan fingerprint density at radius 1 is 1.37 bits per heavy atom. The Bertz CT molecular complexity index is 594. The van der Waals surface area contributed by atoms with Gasteiger partial charge in [0.25, 0.3) is 0 Å². The number of benzene rings is 1. The van der Waals surface area contributed by atoms with E-state index in [9.17, 15) is 13.2 Å². The molecule has 1 aromatic carbocycles. The molecule has 2 rings (SSSR count). The SMILES string of the molecule is COc1ccc(NC(=O)C2CC2)cc1NS(C)(=O)=O. The van der Waals surface area contributed by atoms with Gasteiger partial charge in [-0.25, -0.2) is 8.42 Å². The van der Waals surface area contributed by atoms with Crippen LogP contribution in [0.1, 0.15) is 12.8 Å². The number of anilines is 2. The summed E-state index contributed by atoms with van der Waals surface area (Å²) in [5, 5.41) is 2.75. The van der Waals surface area contributed by atoms with Crippen LogP contribution in [-0.2, 0) is 14.8 Å². The molecule has 104 valence electrons. The second-order valence-corrected chi connectivity index (χ2v) is 6.30. The number of ether oxygens (including phenoxy) is 1. The second kappa shape index (κ2) is 5.08. The summed E-state index contributed by atoms with van der Waals surface area (Å²) in [5.41, 5.74) is 0.849. The van der Waals surface area contributed by atoms with Crippen molar-refractivity contribution >= 4 is 27.3 Å². The first-order chi connectivity index (χ1) is 8.89. The van der Waals surface area contributed by atoms with E-state index in [1.165, 1.54) is 7.11 Å². The topological polar surface area (TPSA) is 84.5 Å². The molecule has 7 heteroatoms. The van der Waals surface area contributed by atoms with Gasteiger partial charge in [-0.3, -0.25) is 9.52 Å². The van der Waals surface area contributed by atoms with Crippen LogP contribution < -0.4 is 14.8 Å². The molecule has 1 fully saturated rings. The summed E-state index contributed by atoms with van der Waals surface area (Å²) >= 11 is 0. The van der Waals surface area contributed by atoms with E-state index in [-0.39, 0.29) is 11.8 Å². The average molecular weight is 284 g/mol. The lowest BCUT2D eigenvalue weighted by Gasteiger charge is -2.12. The Morgan fingerprint density at radius 2 is 2.05 bits per heavy atom. The second-order valence-electron chi connectivity index (χ2n) is 4.55. The molecular weight excluding hydrogens is 268 g/mol. The molecule has 0 saturated heterocycles. The Kier molecular flexibility index (Phi) is 3.66. The van der Waals surface area contributed by atoms with Crippen molar-refractivity contribution in [2.45, 2.75) is 12.8 Å². The van der Waals surface area contributed by atoms with Crippen molar-refractivity contribution in [2.24, 2.45) is 5.92 Å². The molecule has 1 aliphatic carbocycles. The lowest BCUT2D eigenvalue weighted by atomic mass is 10.2. The molecular formula is C12H16N2O4S. The maximum atomic E-state index is 11.6. The molecule has 0 spiro atoms. The zero-order valence-corrected chi connectivity index (χ0v) is 11.6. The van der Waals surface area contributed by atoms with Gasteiger partial charge in [-0.2, -0.15) is 0 Å². The maximum absolute atomic E-state index is 11.6. The number of rotatable bonds is 5. The number of carbonyl (C=O) groups is 1. The highest BCUT2D eigenvalue weighted by atomic mass is 32.2. The smallest absolute Gasteiger partial charge is 0.229 e. The lowest BCUT2D eigenvalue weighted by molar-refractivity contribution is -0.117. The lowest BCUT2D eigenvalue weighted by Crippen LogP contribution is -2.14. The van der Waals surface area contributed by atoms with Crippen LogP contribution in [0.25, 0.3) is 0 Å². The number of nitrogens with one attached hydrogen (secondary N) is 2. The Balaban J connectivity index is 2.21. The Morgan fingerprint density at radius 3 is 2.58 bits per heavy atom. The fourth-order valence-corrected chi connectivity index (χ4v) is 2.21. The number of hydrogen-bond acceptors (Lipinski definition) is 4. The fourth-order valence-electron chi connectivity index (χ4n) is 1.66. The predicted molar refractivity (Wildman–Crippen MR) is 72.8 cm³/mol. The Labute approximate surface area is 112 Å². The van der Waals surface area contributed by atoms with Gasteiger partial charge < -0.3 is 10.1 Å². The summed E-state index contributed by atoms with van der Waals surface area (Å²) in [4.78, 5) is 11.6. The molecule has 1 saturated carbocycles. The van der Waals surface area contributed by atoms with Gasteiger partial charge in [0.15, 0.2) is 0 Å². The van der Waals surface area contributed by atoms with Crippen LogP contribution in [0.5, 0.6) is 5.75 Å². The minimum atomic E-state index is -3.40. The third kappa shape index (κ3) is 3.85. The molecule has 1 aliphatic rings. The molecule has 0 unspecified atom stereocenters. The van der Waals surface area contributed by atoms with Crippen LogP contribution in [0.3, 0.4) is 0 Å². The number of amides is 1. The van der Waals surface area contributed by atoms with E-state index in [4.69, 9.17) is 4.74 Å². The zero-order chi connectivity index (χ0) is 14.0. The van der Waals surface area contributed by atoms with E-state index in [1.54, 1.807) is 18.2 Å². The average Bonchev–Trinajstić information content (AvgIpc) is 3.10. The molecule has 0 heterocycles. The van der Waals surface area contributed by atoms with Crippen LogP contribution in [0.4, 0.5) is 11.4 Å². The van der Waals surface area contributed by atoms with Crippen molar-refractivity contribution in [2.75, 3.05) is 23.4 Å². The van der Waals surface area contributed by atoms with Gasteiger partial charge in [-0.1, -0.05) is 0 Å². The monoisotopic (exact) mass is 284 g/mol. The van der Waals surface area contributed by atoms with Gasteiger partial charge >= 0.3 is 0 Å². The van der Waals surface area contributed by atoms with Gasteiger partial charge in [0.2, 0.25) is 15.9 Å². The van der Waals surface area contributed by atoms with Crippen LogP contribution in [0, 0.1) is 5.92 Å². The van der Waals surface area contributed by atoms with Crippen molar-refractivity contribution in [3.63, 3.8) is 0 Å². The molecule has 0 aliphatic heterocycles. The highest BCUT2D eigenvalue weighted by Crippen LogP contribution is 2.32. The van der Waals surface area contributed by atoms with Crippen molar-refractivity contribution in [1.82, 2.24) is 0 Å². The maximum Gasteiger partial charge on any atom is 0.229 e. The van der Waals surface area contributed by atoms with Gasteiger partial charge in [0.05, 0.1) is 19.1 Å². The van der Waals surface area contributed by atoms with Crippen molar-refractivity contribution in [1.29, 1.82) is 0 Å². The fraction of sp³-hybridized carbons (Fsp3) is 0.417. The van der Waals surface area contributed by atoms with Crippen LogP contribution >= 0.6 is 0 Å². The summed E-state index contributed by atoms with van der Waals surface area (Å²) in [5.74, 6) is 0.457. The largest absolute Gasteiger partial charge is 0.495 e. The third-order valence-corrected chi connectivity index (χ3v) is 3.30. The van der Waals surface area contributed by atoms with Crippen LogP contribution in [0.15, 0.2) is 18.2 Å². The van der Waals surface area contributed by atoms with Crippen LogP contribution in [-0.4, -0.2) is 27.7 Å². The van der Waals surface area contributed by atoms with E-state index >= 15 is 0 Å². The first-order valence-corrected chi connectivity index (χ1v) is 7.75. The molecule has 19 heavy (non-hydrogen) atoms. The van der Waals surface area contributed by atoms with Gasteiger partial charge in [-0.15, -0.1) is 0 Å².